The molecule has 0 aliphatic carbocycles. The maximum atomic E-state index is 11.5. The summed E-state index contributed by atoms with van der Waals surface area (Å²) in [6.07, 6.45) is 0.741. The fourth-order valence-electron chi connectivity index (χ4n) is 2.70. The van der Waals surface area contributed by atoms with Gasteiger partial charge in [-0.15, -0.1) is 0 Å². The van der Waals surface area contributed by atoms with Crippen LogP contribution in [0.3, 0.4) is 0 Å². The van der Waals surface area contributed by atoms with E-state index in [1.165, 1.54) is 0 Å². The minimum Gasteiger partial charge on any atom is -0.457 e. The van der Waals surface area contributed by atoms with Crippen LogP contribution in [-0.4, -0.2) is 17.2 Å². The minimum atomic E-state index is -0.259. The first-order chi connectivity index (χ1) is 10.7. The van der Waals surface area contributed by atoms with Crippen molar-refractivity contribution in [2.75, 3.05) is 0 Å². The smallest absolute Gasteiger partial charge is 0.338 e. The molecular formula is C18H11NO3. The molecule has 2 aromatic carbocycles. The number of nitrogens with zero attached hydrogens (tertiary/aromatic N) is 1. The molecule has 1 aliphatic heterocycles. The number of carbonyl (C=O) groups is 2. The van der Waals surface area contributed by atoms with Crippen LogP contribution in [0.5, 0.6) is 0 Å². The highest BCUT2D eigenvalue weighted by Crippen LogP contribution is 2.28. The number of esters is 1. The third-order valence-corrected chi connectivity index (χ3v) is 3.85. The molecule has 0 bridgehead atoms. The number of fused-ring (bicyclic) bond motifs is 2. The van der Waals surface area contributed by atoms with Gasteiger partial charge in [0.05, 0.1) is 11.1 Å². The summed E-state index contributed by atoms with van der Waals surface area (Å²) in [6, 6.07) is 15.2. The van der Waals surface area contributed by atoms with Gasteiger partial charge in [-0.2, -0.15) is 0 Å². The number of aromatic nitrogens is 1. The number of cyclic esters (lactones) is 1. The Morgan fingerprint density at radius 2 is 1.82 bits per heavy atom. The quantitative estimate of drug-likeness (QED) is 0.536. The Hall–Kier alpha value is -3.01. The van der Waals surface area contributed by atoms with E-state index in [4.69, 9.17) is 4.74 Å². The molecule has 1 aliphatic rings. The Labute approximate surface area is 126 Å². The second-order valence-corrected chi connectivity index (χ2v) is 5.21. The van der Waals surface area contributed by atoms with Crippen molar-refractivity contribution in [1.82, 2.24) is 4.98 Å². The molecule has 0 atom stereocenters. The van der Waals surface area contributed by atoms with Crippen molar-refractivity contribution in [2.24, 2.45) is 0 Å². The van der Waals surface area contributed by atoms with E-state index in [0.717, 1.165) is 33.9 Å². The van der Waals surface area contributed by atoms with E-state index in [-0.39, 0.29) is 5.97 Å². The van der Waals surface area contributed by atoms with Gasteiger partial charge >= 0.3 is 5.97 Å². The Kier molecular flexibility index (Phi) is 2.76. The maximum Gasteiger partial charge on any atom is 0.338 e. The van der Waals surface area contributed by atoms with Gasteiger partial charge in [-0.1, -0.05) is 18.2 Å². The Morgan fingerprint density at radius 3 is 2.68 bits per heavy atom. The molecule has 4 heteroatoms. The normalized spacial score (nSPS) is 13.0. The maximum absolute atomic E-state index is 11.5. The minimum absolute atomic E-state index is 0.259. The molecule has 106 valence electrons. The van der Waals surface area contributed by atoms with Crippen LogP contribution in [0, 0.1) is 0 Å². The van der Waals surface area contributed by atoms with Gasteiger partial charge in [-0.3, -0.25) is 4.79 Å². The summed E-state index contributed by atoms with van der Waals surface area (Å²) < 4.78 is 5.03. The summed E-state index contributed by atoms with van der Waals surface area (Å²) in [5, 5.41) is 0.968. The van der Waals surface area contributed by atoms with Gasteiger partial charge in [0.1, 0.15) is 12.3 Å². The van der Waals surface area contributed by atoms with E-state index < -0.39 is 0 Å². The summed E-state index contributed by atoms with van der Waals surface area (Å²) in [6.45, 7) is 0.333. The second-order valence-electron chi connectivity index (χ2n) is 5.21. The molecule has 0 unspecified atom stereocenters. The van der Waals surface area contributed by atoms with Gasteiger partial charge < -0.3 is 4.74 Å². The molecule has 0 N–H and O–H groups in total. The molecule has 3 aromatic rings. The molecule has 4 rings (SSSR count). The van der Waals surface area contributed by atoms with Crippen molar-refractivity contribution in [3.05, 3.63) is 65.4 Å². The third-order valence-electron chi connectivity index (χ3n) is 3.85. The topological polar surface area (TPSA) is 56.3 Å². The van der Waals surface area contributed by atoms with Crippen LogP contribution in [0.15, 0.2) is 48.5 Å². The fraction of sp³-hybridized carbons (Fsp3) is 0.0556. The molecule has 0 spiro atoms. The van der Waals surface area contributed by atoms with Crippen molar-refractivity contribution in [3.8, 4) is 11.1 Å². The van der Waals surface area contributed by atoms with Gasteiger partial charge in [-0.05, 0) is 41.5 Å². The van der Waals surface area contributed by atoms with Crippen LogP contribution < -0.4 is 0 Å². The zero-order chi connectivity index (χ0) is 15.1. The van der Waals surface area contributed by atoms with Crippen LogP contribution in [0.25, 0.3) is 22.0 Å². The number of ether oxygens (including phenoxy) is 1. The van der Waals surface area contributed by atoms with E-state index in [2.05, 4.69) is 4.98 Å². The lowest BCUT2D eigenvalue weighted by molar-refractivity contribution is 0.0535. The van der Waals surface area contributed by atoms with Crippen molar-refractivity contribution >= 4 is 23.2 Å². The SMILES string of the molecule is O=Cc1ccc2cc(-c3ccc4c(c3)COC4=O)ccc2n1. The summed E-state index contributed by atoms with van der Waals surface area (Å²) in [5.74, 6) is -0.259. The van der Waals surface area contributed by atoms with Gasteiger partial charge in [-0.25, -0.2) is 9.78 Å². The Balaban J connectivity index is 1.81. The number of benzene rings is 2. The number of hydrogen-bond acceptors (Lipinski definition) is 4. The van der Waals surface area contributed by atoms with Gasteiger partial charge in [0, 0.05) is 10.9 Å². The molecule has 0 fully saturated rings. The van der Waals surface area contributed by atoms with E-state index in [9.17, 15) is 9.59 Å². The zero-order valence-electron chi connectivity index (χ0n) is 11.6. The summed E-state index contributed by atoms with van der Waals surface area (Å²) >= 11 is 0. The predicted molar refractivity (Wildman–Crippen MR) is 81.7 cm³/mol. The van der Waals surface area contributed by atoms with E-state index in [1.807, 2.05) is 36.4 Å². The third kappa shape index (κ3) is 1.97. The average Bonchev–Trinajstić information content (AvgIpc) is 2.94. The Bertz CT molecular complexity index is 931. The van der Waals surface area contributed by atoms with E-state index >= 15 is 0 Å². The number of pyridine rings is 1. The highest BCUT2D eigenvalue weighted by atomic mass is 16.5. The van der Waals surface area contributed by atoms with Gasteiger partial charge in [0.2, 0.25) is 0 Å². The average molecular weight is 289 g/mol. The standard InChI is InChI=1S/C18H11NO3/c20-9-15-4-1-13-7-12(3-6-17(13)19-15)11-2-5-16-14(8-11)10-22-18(16)21/h1-9H,10H2. The summed E-state index contributed by atoms with van der Waals surface area (Å²) in [4.78, 5) is 26.5. The lowest BCUT2D eigenvalue weighted by atomic mass is 9.99. The molecule has 0 radical (unpaired) electrons. The molecule has 0 saturated heterocycles. The summed E-state index contributed by atoms with van der Waals surface area (Å²) in [7, 11) is 0. The van der Waals surface area contributed by atoms with Crippen molar-refractivity contribution < 1.29 is 14.3 Å². The first-order valence-electron chi connectivity index (χ1n) is 6.91. The van der Waals surface area contributed by atoms with Crippen LogP contribution in [0.1, 0.15) is 26.4 Å². The first kappa shape index (κ1) is 12.7. The molecule has 22 heavy (non-hydrogen) atoms. The molecule has 1 aromatic heterocycles. The van der Waals surface area contributed by atoms with Crippen molar-refractivity contribution in [1.29, 1.82) is 0 Å². The number of rotatable bonds is 2. The van der Waals surface area contributed by atoms with Gasteiger partial charge in [0.15, 0.2) is 6.29 Å². The molecular weight excluding hydrogens is 278 g/mol. The second kappa shape index (κ2) is 4.77. The summed E-state index contributed by atoms with van der Waals surface area (Å²) in [5.41, 5.74) is 4.83. The number of aldehydes is 1. The van der Waals surface area contributed by atoms with Crippen LogP contribution in [0.2, 0.25) is 0 Å². The predicted octanol–water partition coefficient (Wildman–Crippen LogP) is 3.38. The molecule has 2 heterocycles. The molecule has 4 nitrogen and oxygen atoms in total. The van der Waals surface area contributed by atoms with Crippen LogP contribution in [0.4, 0.5) is 0 Å². The molecule has 0 saturated carbocycles. The Morgan fingerprint density at radius 1 is 1.00 bits per heavy atom. The van der Waals surface area contributed by atoms with Crippen LogP contribution in [-0.2, 0) is 11.3 Å². The first-order valence-corrected chi connectivity index (χ1v) is 6.91. The highest BCUT2D eigenvalue weighted by Gasteiger charge is 2.21. The highest BCUT2D eigenvalue weighted by molar-refractivity contribution is 5.94. The van der Waals surface area contributed by atoms with Crippen molar-refractivity contribution in [3.63, 3.8) is 0 Å². The van der Waals surface area contributed by atoms with Crippen LogP contribution >= 0.6 is 0 Å². The van der Waals surface area contributed by atoms with Crippen molar-refractivity contribution in [2.45, 2.75) is 6.61 Å². The molecule has 0 amide bonds. The lowest BCUT2D eigenvalue weighted by Gasteiger charge is -2.05. The lowest BCUT2D eigenvalue weighted by Crippen LogP contribution is -1.93. The van der Waals surface area contributed by atoms with E-state index in [0.29, 0.717) is 17.9 Å². The van der Waals surface area contributed by atoms with E-state index in [1.54, 1.807) is 12.1 Å². The van der Waals surface area contributed by atoms with Gasteiger partial charge in [0.25, 0.3) is 0 Å². The fourth-order valence-corrected chi connectivity index (χ4v) is 2.70. The number of hydrogen-bond donors (Lipinski definition) is 0. The zero-order valence-corrected chi connectivity index (χ0v) is 11.6. The largest absolute Gasteiger partial charge is 0.457 e. The number of carbonyl (C=O) groups excluding carboxylic acids is 2. The monoisotopic (exact) mass is 289 g/mol.